The fourth-order valence-corrected chi connectivity index (χ4v) is 1.82. The van der Waals surface area contributed by atoms with Crippen LogP contribution in [0.4, 0.5) is 0 Å². The fourth-order valence-electron chi connectivity index (χ4n) is 1.82. The molecule has 0 amide bonds. The molecule has 0 spiro atoms. The van der Waals surface area contributed by atoms with E-state index in [-0.39, 0.29) is 0 Å². The quantitative estimate of drug-likeness (QED) is 0.503. The Balaban J connectivity index is 2.30. The van der Waals surface area contributed by atoms with E-state index in [2.05, 4.69) is 24.3 Å². The lowest BCUT2D eigenvalue weighted by Gasteiger charge is -2.00. The molecule has 0 saturated carbocycles. The minimum absolute atomic E-state index is 1.24. The molecule has 1 aromatic carbocycles. The standard InChI is InChI=1S/C10H8/c1-2-4-9-7(3-1)5-8-6-10(8)9/h1-4H,5-6H2. The van der Waals surface area contributed by atoms with Crippen molar-refractivity contribution in [2.75, 3.05) is 0 Å². The lowest BCUT2D eigenvalue weighted by atomic mass is 10.0. The van der Waals surface area contributed by atoms with Gasteiger partial charge in [0.25, 0.3) is 0 Å². The van der Waals surface area contributed by atoms with Crippen LogP contribution in [0.15, 0.2) is 29.8 Å². The van der Waals surface area contributed by atoms with E-state index < -0.39 is 0 Å². The van der Waals surface area contributed by atoms with Crippen molar-refractivity contribution < 1.29 is 0 Å². The summed E-state index contributed by atoms with van der Waals surface area (Å²) in [5.41, 5.74) is 6.38. The molecule has 0 aromatic heterocycles. The molecule has 0 aliphatic heterocycles. The van der Waals surface area contributed by atoms with E-state index >= 15 is 0 Å². The minimum Gasteiger partial charge on any atom is -0.0619 e. The van der Waals surface area contributed by atoms with E-state index in [4.69, 9.17) is 0 Å². The first kappa shape index (κ1) is 4.73. The van der Waals surface area contributed by atoms with E-state index in [1.54, 1.807) is 16.7 Å². The van der Waals surface area contributed by atoms with E-state index in [1.807, 2.05) is 0 Å². The van der Waals surface area contributed by atoms with E-state index in [0.717, 1.165) is 0 Å². The molecule has 0 saturated heterocycles. The average molecular weight is 128 g/mol. The Labute approximate surface area is 60.2 Å². The minimum atomic E-state index is 1.24. The highest BCUT2D eigenvalue weighted by molar-refractivity contribution is 5.88. The van der Waals surface area contributed by atoms with Gasteiger partial charge in [0.1, 0.15) is 0 Å². The summed E-state index contributed by atoms with van der Waals surface area (Å²) in [5, 5.41) is 0. The third-order valence-corrected chi connectivity index (χ3v) is 2.44. The molecule has 2 aliphatic carbocycles. The Hall–Kier alpha value is -1.04. The second kappa shape index (κ2) is 1.34. The lowest BCUT2D eigenvalue weighted by Crippen LogP contribution is -1.84. The number of rotatable bonds is 0. The van der Waals surface area contributed by atoms with Gasteiger partial charge in [-0.2, -0.15) is 0 Å². The highest BCUT2D eigenvalue weighted by Gasteiger charge is 2.30. The molecule has 3 rings (SSSR count). The second-order valence-electron chi connectivity index (χ2n) is 3.09. The topological polar surface area (TPSA) is 0 Å². The van der Waals surface area contributed by atoms with E-state index in [1.165, 1.54) is 18.4 Å². The molecule has 0 heterocycles. The van der Waals surface area contributed by atoms with Crippen LogP contribution >= 0.6 is 0 Å². The zero-order valence-corrected chi connectivity index (χ0v) is 5.72. The van der Waals surface area contributed by atoms with Crippen molar-refractivity contribution >= 4 is 5.57 Å². The van der Waals surface area contributed by atoms with Crippen LogP contribution in [0, 0.1) is 0 Å². The first-order valence-electron chi connectivity index (χ1n) is 3.74. The molecule has 1 aromatic rings. The zero-order chi connectivity index (χ0) is 6.55. The van der Waals surface area contributed by atoms with Crippen LogP contribution in [-0.2, 0) is 6.42 Å². The fraction of sp³-hybridized carbons (Fsp3) is 0.200. The molecule has 0 fully saturated rings. The number of hydrogen-bond acceptors (Lipinski definition) is 0. The Kier molecular flexibility index (Phi) is 0.634. The van der Waals surface area contributed by atoms with Crippen molar-refractivity contribution in [3.05, 3.63) is 41.0 Å². The van der Waals surface area contributed by atoms with Gasteiger partial charge < -0.3 is 0 Å². The Bertz CT molecular complexity index is 332. The Morgan fingerprint density at radius 2 is 1.90 bits per heavy atom. The third kappa shape index (κ3) is 0.431. The molecule has 0 N–H and O–H groups in total. The van der Waals surface area contributed by atoms with Crippen molar-refractivity contribution in [3.63, 3.8) is 0 Å². The molecule has 48 valence electrons. The van der Waals surface area contributed by atoms with Gasteiger partial charge in [0.05, 0.1) is 0 Å². The van der Waals surface area contributed by atoms with E-state index in [9.17, 15) is 0 Å². The molecule has 0 heteroatoms. The van der Waals surface area contributed by atoms with Crippen LogP contribution in [-0.4, -0.2) is 0 Å². The highest BCUT2D eigenvalue weighted by Crippen LogP contribution is 2.49. The van der Waals surface area contributed by atoms with Crippen molar-refractivity contribution in [1.29, 1.82) is 0 Å². The Morgan fingerprint density at radius 3 is 2.80 bits per heavy atom. The average Bonchev–Trinajstić information content (AvgIpc) is 2.64. The predicted octanol–water partition coefficient (Wildman–Crippen LogP) is 2.40. The zero-order valence-electron chi connectivity index (χ0n) is 5.72. The van der Waals surface area contributed by atoms with Gasteiger partial charge in [-0.3, -0.25) is 0 Å². The predicted molar refractivity (Wildman–Crippen MR) is 41.7 cm³/mol. The largest absolute Gasteiger partial charge is 0.0619 e. The number of fused-ring (bicyclic) bond motifs is 2. The number of benzene rings is 1. The first-order valence-corrected chi connectivity index (χ1v) is 3.74. The SMILES string of the molecule is c1ccc2c(c1)CC1=C2C1. The van der Waals surface area contributed by atoms with Gasteiger partial charge in [0.15, 0.2) is 0 Å². The smallest absolute Gasteiger partial charge is 0.00516 e. The molecule has 0 nitrogen and oxygen atoms in total. The molecule has 2 aliphatic rings. The molecule has 0 radical (unpaired) electrons. The van der Waals surface area contributed by atoms with Crippen molar-refractivity contribution in [1.82, 2.24) is 0 Å². The summed E-state index contributed by atoms with van der Waals surface area (Å²) in [4.78, 5) is 0. The van der Waals surface area contributed by atoms with Gasteiger partial charge in [-0.25, -0.2) is 0 Å². The molecular weight excluding hydrogens is 120 g/mol. The summed E-state index contributed by atoms with van der Waals surface area (Å²) in [6.45, 7) is 0. The van der Waals surface area contributed by atoms with Gasteiger partial charge in [0.2, 0.25) is 0 Å². The van der Waals surface area contributed by atoms with Crippen LogP contribution in [0.1, 0.15) is 17.5 Å². The van der Waals surface area contributed by atoms with Crippen molar-refractivity contribution in [3.8, 4) is 0 Å². The summed E-state index contributed by atoms with van der Waals surface area (Å²) in [7, 11) is 0. The van der Waals surface area contributed by atoms with Crippen LogP contribution in [0.25, 0.3) is 5.57 Å². The van der Waals surface area contributed by atoms with Gasteiger partial charge in [0, 0.05) is 0 Å². The third-order valence-electron chi connectivity index (χ3n) is 2.44. The first-order chi connectivity index (χ1) is 4.95. The van der Waals surface area contributed by atoms with Gasteiger partial charge in [-0.1, -0.05) is 29.8 Å². The normalized spacial score (nSPS) is 18.8. The molecule has 0 bridgehead atoms. The summed E-state index contributed by atoms with van der Waals surface area (Å²) in [6, 6.07) is 8.74. The number of allylic oxidation sites excluding steroid dienone is 2. The second-order valence-corrected chi connectivity index (χ2v) is 3.09. The van der Waals surface area contributed by atoms with Crippen LogP contribution in [0.2, 0.25) is 0 Å². The van der Waals surface area contributed by atoms with Gasteiger partial charge >= 0.3 is 0 Å². The maximum atomic E-state index is 2.24. The summed E-state index contributed by atoms with van der Waals surface area (Å²) in [5.74, 6) is 0. The molecule has 0 atom stereocenters. The van der Waals surface area contributed by atoms with Crippen LogP contribution in [0.3, 0.4) is 0 Å². The summed E-state index contributed by atoms with van der Waals surface area (Å²) in [6.07, 6.45) is 2.54. The van der Waals surface area contributed by atoms with Crippen LogP contribution < -0.4 is 0 Å². The van der Waals surface area contributed by atoms with Crippen molar-refractivity contribution in [2.24, 2.45) is 0 Å². The molecule has 0 unspecified atom stereocenters. The van der Waals surface area contributed by atoms with E-state index in [0.29, 0.717) is 0 Å². The summed E-state index contributed by atoms with van der Waals surface area (Å²) >= 11 is 0. The highest BCUT2D eigenvalue weighted by atomic mass is 14.3. The Morgan fingerprint density at radius 1 is 1.00 bits per heavy atom. The maximum Gasteiger partial charge on any atom is -0.00516 e. The van der Waals surface area contributed by atoms with Gasteiger partial charge in [-0.05, 0) is 29.5 Å². The van der Waals surface area contributed by atoms with Crippen LogP contribution in [0.5, 0.6) is 0 Å². The summed E-state index contributed by atoms with van der Waals surface area (Å²) < 4.78 is 0. The van der Waals surface area contributed by atoms with Crippen molar-refractivity contribution in [2.45, 2.75) is 12.8 Å². The monoisotopic (exact) mass is 128 g/mol. The molecule has 10 heavy (non-hydrogen) atoms. The molecular formula is C10H8. The lowest BCUT2D eigenvalue weighted by molar-refractivity contribution is 1.18. The number of hydrogen-bond donors (Lipinski definition) is 0. The van der Waals surface area contributed by atoms with Gasteiger partial charge in [-0.15, -0.1) is 0 Å². The maximum absolute atomic E-state index is 2.24.